The predicted molar refractivity (Wildman–Crippen MR) is 242 cm³/mol. The lowest BCUT2D eigenvalue weighted by molar-refractivity contribution is 0.0496. The Morgan fingerprint density at radius 2 is 1.02 bits per heavy atom. The summed E-state index contributed by atoms with van der Waals surface area (Å²) in [5, 5.41) is 0. The maximum atomic E-state index is 6.72. The van der Waals surface area contributed by atoms with Gasteiger partial charge >= 0.3 is 0 Å². The Hall–Kier alpha value is -3.68. The molecule has 8 aliphatic rings. The highest BCUT2D eigenvalue weighted by atomic mass is 16.5. The number of hydrogen-bond donors (Lipinski definition) is 0. The molecule has 60 heavy (non-hydrogen) atoms. The first-order valence-corrected chi connectivity index (χ1v) is 24.2. The fraction of sp³-hybridized carbons (Fsp3) is 0.556. The van der Waals surface area contributed by atoms with Gasteiger partial charge in [-0.25, -0.2) is 0 Å². The lowest BCUT2D eigenvalue weighted by Crippen LogP contribution is -2.44. The molecular formula is C54H68N4O2. The van der Waals surface area contributed by atoms with Crippen molar-refractivity contribution in [2.24, 2.45) is 0 Å². The summed E-state index contributed by atoms with van der Waals surface area (Å²) in [5.74, 6) is 2.31. The second-order valence-corrected chi connectivity index (χ2v) is 20.2. The molecule has 6 heteroatoms. The van der Waals surface area contributed by atoms with Gasteiger partial charge in [0.2, 0.25) is 0 Å². The zero-order valence-electron chi connectivity index (χ0n) is 36.2. The van der Waals surface area contributed by atoms with Crippen LogP contribution in [-0.4, -0.2) is 82.2 Å². The standard InChI is InChI=1S/2C27H34N2O/c1-2-7-23-20-28(15-11-22(23)6-1)19-21-9-10-26-24(16-21)17-27(30-26)12-5-14-29-13-4-3-8-25(29)18-27;1-2-6-23-20-28(15-11-22(23)5-1)19-21-8-9-26-24(17-21)18-27(30-26)12-10-25-7-3-4-14-29(25)16-13-27/h1-2,6-7,9-10,16,25H,3-5,8,11-15,17-20H2;1-2,5-6,8-9,17,25H,3-4,7,10-16,18-20H2. The first-order valence-electron chi connectivity index (χ1n) is 24.2. The SMILES string of the molecule is c1ccc2c(c1)CCN(Cc1ccc3c(c1)CC1(CCC4CCCCN4CC1)O3)C2.c1ccc2c(c1)CCN(Cc1ccc3c(c1)CC1(CCCN4CCCCC4C1)O3)C2. The van der Waals surface area contributed by atoms with Gasteiger partial charge in [-0.1, -0.05) is 85.6 Å². The number of hydrogen-bond acceptors (Lipinski definition) is 6. The van der Waals surface area contributed by atoms with Crippen LogP contribution in [0.15, 0.2) is 84.9 Å². The van der Waals surface area contributed by atoms with E-state index in [9.17, 15) is 0 Å². The van der Waals surface area contributed by atoms with Crippen LogP contribution in [-0.2, 0) is 51.9 Å². The van der Waals surface area contributed by atoms with Gasteiger partial charge in [0.25, 0.3) is 0 Å². The average molecular weight is 805 g/mol. The lowest BCUT2D eigenvalue weighted by Gasteiger charge is -2.37. The minimum atomic E-state index is 0.0573. The van der Waals surface area contributed by atoms with Crippen molar-refractivity contribution in [2.75, 3.05) is 39.3 Å². The van der Waals surface area contributed by atoms with E-state index in [1.54, 1.807) is 0 Å². The van der Waals surface area contributed by atoms with Crippen LogP contribution >= 0.6 is 0 Å². The Morgan fingerprint density at radius 3 is 1.67 bits per heavy atom. The van der Waals surface area contributed by atoms with Crippen LogP contribution < -0.4 is 9.47 Å². The first kappa shape index (κ1) is 39.2. The molecule has 0 bridgehead atoms. The van der Waals surface area contributed by atoms with Crippen LogP contribution in [0, 0.1) is 0 Å². The molecule has 0 aromatic heterocycles. The molecule has 0 radical (unpaired) electrons. The van der Waals surface area contributed by atoms with Gasteiger partial charge in [-0.05, 0) is 140 Å². The van der Waals surface area contributed by atoms with Crippen LogP contribution in [0.3, 0.4) is 0 Å². The van der Waals surface area contributed by atoms with Crippen molar-refractivity contribution in [1.82, 2.24) is 19.6 Å². The summed E-state index contributed by atoms with van der Waals surface area (Å²) < 4.78 is 13.4. The third-order valence-corrected chi connectivity index (χ3v) is 16.1. The van der Waals surface area contributed by atoms with Crippen molar-refractivity contribution in [3.63, 3.8) is 0 Å². The van der Waals surface area contributed by atoms with E-state index in [2.05, 4.69) is 105 Å². The Morgan fingerprint density at radius 1 is 0.467 bits per heavy atom. The van der Waals surface area contributed by atoms with Crippen LogP contribution in [0.1, 0.15) is 122 Å². The van der Waals surface area contributed by atoms with Crippen molar-refractivity contribution < 1.29 is 9.47 Å². The number of ether oxygens (including phenoxy) is 2. The van der Waals surface area contributed by atoms with Gasteiger partial charge in [0.1, 0.15) is 22.7 Å². The highest BCUT2D eigenvalue weighted by molar-refractivity contribution is 5.44. The third-order valence-electron chi connectivity index (χ3n) is 16.1. The van der Waals surface area contributed by atoms with E-state index in [1.165, 1.54) is 161 Å². The minimum absolute atomic E-state index is 0.0573. The van der Waals surface area contributed by atoms with E-state index in [-0.39, 0.29) is 11.2 Å². The molecule has 2 spiro atoms. The van der Waals surface area contributed by atoms with Gasteiger partial charge in [-0.15, -0.1) is 0 Å². The van der Waals surface area contributed by atoms with Crippen LogP contribution in [0.2, 0.25) is 0 Å². The van der Waals surface area contributed by atoms with E-state index >= 15 is 0 Å². The van der Waals surface area contributed by atoms with Crippen LogP contribution in [0.25, 0.3) is 0 Å². The summed E-state index contributed by atoms with van der Waals surface area (Å²) in [6.07, 6.45) is 20.4. The van der Waals surface area contributed by atoms with E-state index in [0.29, 0.717) is 0 Å². The number of nitrogens with zero attached hydrogens (tertiary/aromatic N) is 4. The molecule has 8 heterocycles. The zero-order valence-corrected chi connectivity index (χ0v) is 36.2. The fourth-order valence-electron chi connectivity index (χ4n) is 12.9. The molecule has 0 saturated carbocycles. The molecule has 0 aliphatic carbocycles. The minimum Gasteiger partial charge on any atom is -0.487 e. The quantitative estimate of drug-likeness (QED) is 0.204. The zero-order chi connectivity index (χ0) is 39.9. The van der Waals surface area contributed by atoms with E-state index < -0.39 is 0 Å². The molecule has 8 aliphatic heterocycles. The summed E-state index contributed by atoms with van der Waals surface area (Å²) in [6.45, 7) is 11.7. The number of fused-ring (bicyclic) bond motifs is 6. The summed E-state index contributed by atoms with van der Waals surface area (Å²) in [6, 6.07) is 33.4. The molecule has 4 aromatic rings. The van der Waals surface area contributed by atoms with E-state index in [1.807, 2.05) is 0 Å². The van der Waals surface area contributed by atoms with Gasteiger partial charge in [-0.2, -0.15) is 0 Å². The second-order valence-electron chi connectivity index (χ2n) is 20.2. The maximum absolute atomic E-state index is 6.72. The highest BCUT2D eigenvalue weighted by Gasteiger charge is 2.45. The van der Waals surface area contributed by atoms with E-state index in [4.69, 9.17) is 9.47 Å². The fourth-order valence-corrected chi connectivity index (χ4v) is 12.9. The van der Waals surface area contributed by atoms with Crippen molar-refractivity contribution >= 4 is 0 Å². The molecular weight excluding hydrogens is 737 g/mol. The van der Waals surface area contributed by atoms with Crippen molar-refractivity contribution in [3.05, 3.63) is 129 Å². The van der Waals surface area contributed by atoms with Crippen molar-refractivity contribution in [2.45, 2.75) is 152 Å². The van der Waals surface area contributed by atoms with Gasteiger partial charge < -0.3 is 19.3 Å². The molecule has 0 amide bonds. The van der Waals surface area contributed by atoms with Crippen molar-refractivity contribution in [1.29, 1.82) is 0 Å². The first-order chi connectivity index (χ1) is 29.5. The molecule has 4 atom stereocenters. The summed E-state index contributed by atoms with van der Waals surface area (Å²) in [4.78, 5) is 10.7. The summed E-state index contributed by atoms with van der Waals surface area (Å²) >= 11 is 0. The number of piperidine rings is 2. The number of rotatable bonds is 4. The molecule has 4 aromatic carbocycles. The Bertz CT molecular complexity index is 2130. The average Bonchev–Trinajstić information content (AvgIpc) is 3.69. The Balaban J connectivity index is 0.000000136. The second kappa shape index (κ2) is 16.9. The monoisotopic (exact) mass is 805 g/mol. The maximum Gasteiger partial charge on any atom is 0.123 e. The van der Waals surface area contributed by atoms with Crippen LogP contribution in [0.5, 0.6) is 11.5 Å². The van der Waals surface area contributed by atoms with E-state index in [0.717, 1.165) is 75.7 Å². The summed E-state index contributed by atoms with van der Waals surface area (Å²) in [7, 11) is 0. The lowest BCUT2D eigenvalue weighted by atomic mass is 9.85. The van der Waals surface area contributed by atoms with Crippen LogP contribution in [0.4, 0.5) is 0 Å². The molecule has 0 N–H and O–H groups in total. The molecule has 316 valence electrons. The third kappa shape index (κ3) is 8.31. The normalized spacial score (nSPS) is 29.0. The van der Waals surface area contributed by atoms with Crippen molar-refractivity contribution in [3.8, 4) is 11.5 Å². The molecule has 4 unspecified atom stereocenters. The Labute approximate surface area is 360 Å². The summed E-state index contributed by atoms with van der Waals surface area (Å²) in [5.41, 5.74) is 12.0. The van der Waals surface area contributed by atoms with Gasteiger partial charge in [0.05, 0.1) is 0 Å². The molecule has 4 fully saturated rings. The topological polar surface area (TPSA) is 31.4 Å². The Kier molecular flexibility index (Phi) is 11.0. The molecule has 4 saturated heterocycles. The highest BCUT2D eigenvalue weighted by Crippen LogP contribution is 2.45. The number of benzene rings is 4. The van der Waals surface area contributed by atoms with Gasteiger partial charge in [0, 0.05) is 83.6 Å². The molecule has 12 rings (SSSR count). The predicted octanol–water partition coefficient (Wildman–Crippen LogP) is 9.91. The molecule has 6 nitrogen and oxygen atoms in total. The van der Waals surface area contributed by atoms with Gasteiger partial charge in [0.15, 0.2) is 0 Å². The van der Waals surface area contributed by atoms with Gasteiger partial charge in [-0.3, -0.25) is 9.80 Å². The largest absolute Gasteiger partial charge is 0.487 e. The smallest absolute Gasteiger partial charge is 0.123 e.